The van der Waals surface area contributed by atoms with Gasteiger partial charge in [-0.2, -0.15) is 0 Å². The Labute approximate surface area is 123 Å². The number of ether oxygens (including phenoxy) is 1. The van der Waals surface area contributed by atoms with Crippen LogP contribution in [0.2, 0.25) is 0 Å². The van der Waals surface area contributed by atoms with Crippen LogP contribution >= 0.6 is 15.9 Å². The van der Waals surface area contributed by atoms with E-state index in [-0.39, 0.29) is 5.92 Å². The molecule has 0 heterocycles. The third-order valence-electron chi connectivity index (χ3n) is 4.16. The number of hydrogen-bond acceptors (Lipinski definition) is 2. The van der Waals surface area contributed by atoms with Crippen LogP contribution in [0.25, 0.3) is 0 Å². The van der Waals surface area contributed by atoms with Crippen molar-refractivity contribution in [1.29, 1.82) is 0 Å². The standard InChI is InChI=1S/C16H21BrO2/c1-3-11-4-6-15(18)12(8-11)9-13-10-14(17)5-7-16(13)19-2/h5,7,10-12H,3-4,6,8-9H2,1-2H3. The quantitative estimate of drug-likeness (QED) is 0.820. The van der Waals surface area contributed by atoms with Crippen LogP contribution in [-0.4, -0.2) is 12.9 Å². The Morgan fingerprint density at radius 2 is 2.21 bits per heavy atom. The third-order valence-corrected chi connectivity index (χ3v) is 4.65. The molecule has 2 nitrogen and oxygen atoms in total. The number of methoxy groups -OCH3 is 1. The van der Waals surface area contributed by atoms with E-state index in [0.29, 0.717) is 11.7 Å². The van der Waals surface area contributed by atoms with Gasteiger partial charge in [-0.25, -0.2) is 0 Å². The zero-order chi connectivity index (χ0) is 13.8. The lowest BCUT2D eigenvalue weighted by atomic mass is 9.77. The van der Waals surface area contributed by atoms with Crippen molar-refractivity contribution in [2.24, 2.45) is 11.8 Å². The Morgan fingerprint density at radius 1 is 1.42 bits per heavy atom. The normalized spacial score (nSPS) is 23.4. The van der Waals surface area contributed by atoms with E-state index in [9.17, 15) is 4.79 Å². The van der Waals surface area contributed by atoms with Gasteiger partial charge in [0.2, 0.25) is 0 Å². The number of carbonyl (C=O) groups is 1. The first-order valence-electron chi connectivity index (χ1n) is 6.99. The number of benzene rings is 1. The summed E-state index contributed by atoms with van der Waals surface area (Å²) in [6, 6.07) is 6.01. The average Bonchev–Trinajstić information content (AvgIpc) is 2.41. The molecule has 2 unspecified atom stereocenters. The van der Waals surface area contributed by atoms with E-state index in [1.807, 2.05) is 12.1 Å². The Bertz CT molecular complexity index is 456. The predicted octanol–water partition coefficient (Wildman–Crippen LogP) is 4.40. The van der Waals surface area contributed by atoms with E-state index in [2.05, 4.69) is 28.9 Å². The van der Waals surface area contributed by atoms with Crippen molar-refractivity contribution < 1.29 is 9.53 Å². The van der Waals surface area contributed by atoms with Gasteiger partial charge in [-0.1, -0.05) is 29.3 Å². The Balaban J connectivity index is 2.15. The Kier molecular flexibility index (Phi) is 5.03. The van der Waals surface area contributed by atoms with Gasteiger partial charge in [0, 0.05) is 16.8 Å². The SMILES string of the molecule is CCC1CCC(=O)C(Cc2cc(Br)ccc2OC)C1. The summed E-state index contributed by atoms with van der Waals surface area (Å²) in [5.41, 5.74) is 1.13. The van der Waals surface area contributed by atoms with E-state index in [0.717, 1.165) is 41.5 Å². The second kappa shape index (κ2) is 6.56. The number of rotatable bonds is 4. The van der Waals surface area contributed by atoms with Crippen molar-refractivity contribution in [2.75, 3.05) is 7.11 Å². The second-order valence-electron chi connectivity index (χ2n) is 5.37. The van der Waals surface area contributed by atoms with E-state index in [4.69, 9.17) is 4.74 Å². The van der Waals surface area contributed by atoms with Crippen molar-refractivity contribution in [3.63, 3.8) is 0 Å². The van der Waals surface area contributed by atoms with Gasteiger partial charge in [0.05, 0.1) is 7.11 Å². The molecule has 0 saturated heterocycles. The van der Waals surface area contributed by atoms with E-state index >= 15 is 0 Å². The molecule has 19 heavy (non-hydrogen) atoms. The van der Waals surface area contributed by atoms with Crippen LogP contribution in [0.5, 0.6) is 5.75 Å². The highest BCUT2D eigenvalue weighted by atomic mass is 79.9. The fourth-order valence-electron chi connectivity index (χ4n) is 2.94. The number of hydrogen-bond donors (Lipinski definition) is 0. The molecule has 0 aliphatic heterocycles. The van der Waals surface area contributed by atoms with Crippen molar-refractivity contribution in [3.05, 3.63) is 28.2 Å². The molecule has 0 amide bonds. The van der Waals surface area contributed by atoms with Gasteiger partial charge < -0.3 is 4.74 Å². The Morgan fingerprint density at radius 3 is 2.89 bits per heavy atom. The van der Waals surface area contributed by atoms with Crippen LogP contribution < -0.4 is 4.74 Å². The molecule has 2 atom stereocenters. The molecular weight excluding hydrogens is 304 g/mol. The summed E-state index contributed by atoms with van der Waals surface area (Å²) < 4.78 is 6.44. The molecule has 3 heteroatoms. The Hall–Kier alpha value is -0.830. The molecule has 104 valence electrons. The molecule has 0 radical (unpaired) electrons. The summed E-state index contributed by atoms with van der Waals surface area (Å²) in [5, 5.41) is 0. The third kappa shape index (κ3) is 3.59. The molecule has 1 aromatic rings. The fourth-order valence-corrected chi connectivity index (χ4v) is 3.35. The molecule has 0 aromatic heterocycles. The lowest BCUT2D eigenvalue weighted by Gasteiger charge is -2.27. The van der Waals surface area contributed by atoms with E-state index in [1.165, 1.54) is 6.42 Å². The maximum Gasteiger partial charge on any atom is 0.136 e. The molecule has 1 aliphatic rings. The predicted molar refractivity (Wildman–Crippen MR) is 80.5 cm³/mol. The number of ketones is 1. The number of halogens is 1. The molecule has 0 spiro atoms. The second-order valence-corrected chi connectivity index (χ2v) is 6.29. The first-order valence-corrected chi connectivity index (χ1v) is 7.78. The number of Topliss-reactive ketones (excluding diaryl/α,β-unsaturated/α-hetero) is 1. The summed E-state index contributed by atoms with van der Waals surface area (Å²) >= 11 is 3.49. The molecular formula is C16H21BrO2. The summed E-state index contributed by atoms with van der Waals surface area (Å²) in [5.74, 6) is 2.18. The lowest BCUT2D eigenvalue weighted by Crippen LogP contribution is -2.26. The minimum absolute atomic E-state index is 0.168. The van der Waals surface area contributed by atoms with Crippen LogP contribution in [0.3, 0.4) is 0 Å². The van der Waals surface area contributed by atoms with Gasteiger partial charge in [0.15, 0.2) is 0 Å². The zero-order valence-electron chi connectivity index (χ0n) is 11.6. The highest BCUT2D eigenvalue weighted by molar-refractivity contribution is 9.10. The average molecular weight is 325 g/mol. The molecule has 2 rings (SSSR count). The largest absolute Gasteiger partial charge is 0.496 e. The molecule has 1 aromatic carbocycles. The van der Waals surface area contributed by atoms with Gasteiger partial charge in [-0.05, 0) is 48.9 Å². The van der Waals surface area contributed by atoms with Gasteiger partial charge in [0.25, 0.3) is 0 Å². The maximum absolute atomic E-state index is 12.1. The van der Waals surface area contributed by atoms with Crippen LogP contribution in [0.4, 0.5) is 0 Å². The van der Waals surface area contributed by atoms with Gasteiger partial charge >= 0.3 is 0 Å². The monoisotopic (exact) mass is 324 g/mol. The van der Waals surface area contributed by atoms with Crippen LogP contribution in [0, 0.1) is 11.8 Å². The van der Waals surface area contributed by atoms with Crippen molar-refractivity contribution in [3.8, 4) is 5.75 Å². The van der Waals surface area contributed by atoms with Crippen LogP contribution in [-0.2, 0) is 11.2 Å². The van der Waals surface area contributed by atoms with Crippen LogP contribution in [0.1, 0.15) is 38.2 Å². The van der Waals surface area contributed by atoms with Gasteiger partial charge in [0.1, 0.15) is 11.5 Å². The van der Waals surface area contributed by atoms with Crippen molar-refractivity contribution >= 4 is 21.7 Å². The minimum Gasteiger partial charge on any atom is -0.496 e. The highest BCUT2D eigenvalue weighted by Crippen LogP contribution is 2.33. The van der Waals surface area contributed by atoms with E-state index < -0.39 is 0 Å². The topological polar surface area (TPSA) is 26.3 Å². The van der Waals surface area contributed by atoms with Crippen LogP contribution in [0.15, 0.2) is 22.7 Å². The maximum atomic E-state index is 12.1. The summed E-state index contributed by atoms with van der Waals surface area (Å²) in [6.07, 6.45) is 4.84. The first-order chi connectivity index (χ1) is 9.13. The number of carbonyl (C=O) groups excluding carboxylic acids is 1. The van der Waals surface area contributed by atoms with Crippen molar-refractivity contribution in [1.82, 2.24) is 0 Å². The smallest absolute Gasteiger partial charge is 0.136 e. The van der Waals surface area contributed by atoms with Crippen molar-refractivity contribution in [2.45, 2.75) is 39.0 Å². The first kappa shape index (κ1) is 14.6. The highest BCUT2D eigenvalue weighted by Gasteiger charge is 2.28. The molecule has 0 bridgehead atoms. The van der Waals surface area contributed by atoms with Gasteiger partial charge in [-0.15, -0.1) is 0 Å². The zero-order valence-corrected chi connectivity index (χ0v) is 13.2. The summed E-state index contributed by atoms with van der Waals surface area (Å²) in [4.78, 5) is 12.1. The molecule has 1 saturated carbocycles. The van der Waals surface area contributed by atoms with Gasteiger partial charge in [-0.3, -0.25) is 4.79 Å². The molecule has 0 N–H and O–H groups in total. The van der Waals surface area contributed by atoms with E-state index in [1.54, 1.807) is 7.11 Å². The summed E-state index contributed by atoms with van der Waals surface area (Å²) in [6.45, 7) is 2.22. The molecule has 1 fully saturated rings. The molecule has 1 aliphatic carbocycles. The lowest BCUT2D eigenvalue weighted by molar-refractivity contribution is -0.125. The minimum atomic E-state index is 0.168. The summed E-state index contributed by atoms with van der Waals surface area (Å²) in [7, 11) is 1.68. The fraction of sp³-hybridized carbons (Fsp3) is 0.562.